The Hall–Kier alpha value is -1.88. The van der Waals surface area contributed by atoms with Crippen molar-refractivity contribution in [2.75, 3.05) is 20.3 Å². The largest absolute Gasteiger partial charge is 0.384 e. The second-order valence-corrected chi connectivity index (χ2v) is 6.06. The average Bonchev–Trinajstić information content (AvgIpc) is 3.10. The third-order valence-electron chi connectivity index (χ3n) is 4.10. The Bertz CT molecular complexity index is 659. The maximum absolute atomic E-state index is 12.1. The summed E-state index contributed by atoms with van der Waals surface area (Å²) < 4.78 is 5.21. The number of aromatic nitrogens is 2. The van der Waals surface area contributed by atoms with Crippen molar-refractivity contribution in [1.82, 2.24) is 15.3 Å². The summed E-state index contributed by atoms with van der Waals surface area (Å²) in [7, 11) is 1.71. The molecule has 1 saturated carbocycles. The molecule has 5 heteroatoms. The van der Waals surface area contributed by atoms with Gasteiger partial charge in [0.15, 0.2) is 0 Å². The molecular weight excluding hydrogens is 266 g/mol. The predicted molar refractivity (Wildman–Crippen MR) is 81.1 cm³/mol. The van der Waals surface area contributed by atoms with Crippen LogP contribution in [0.5, 0.6) is 0 Å². The molecule has 0 aliphatic heterocycles. The quantitative estimate of drug-likeness (QED) is 0.853. The Balaban J connectivity index is 1.58. The molecule has 0 unspecified atom stereocenters. The summed E-state index contributed by atoms with van der Waals surface area (Å²) in [5, 5.41) is 3.03. The number of ether oxygens (including phenoxy) is 1. The van der Waals surface area contributed by atoms with E-state index in [0.29, 0.717) is 13.0 Å². The highest BCUT2D eigenvalue weighted by atomic mass is 16.5. The number of hydrogen-bond acceptors (Lipinski definition) is 3. The normalized spacial score (nSPS) is 16.1. The number of H-pyrrole nitrogens is 1. The lowest BCUT2D eigenvalue weighted by molar-refractivity contribution is -0.120. The number of aryl methyl sites for hydroxylation is 1. The molecule has 1 heterocycles. The van der Waals surface area contributed by atoms with Crippen LogP contribution in [0, 0.1) is 12.3 Å². The highest BCUT2D eigenvalue weighted by molar-refractivity contribution is 5.81. The predicted octanol–water partition coefficient (Wildman–Crippen LogP) is 1.96. The fourth-order valence-electron chi connectivity index (χ4n) is 2.68. The first-order valence-corrected chi connectivity index (χ1v) is 7.31. The summed E-state index contributed by atoms with van der Waals surface area (Å²) in [5.41, 5.74) is 3.11. The van der Waals surface area contributed by atoms with Gasteiger partial charge in [-0.2, -0.15) is 0 Å². The number of rotatable bonds is 6. The molecule has 1 aliphatic carbocycles. The van der Waals surface area contributed by atoms with Crippen LogP contribution in [0.1, 0.15) is 24.2 Å². The monoisotopic (exact) mass is 287 g/mol. The lowest BCUT2D eigenvalue weighted by atomic mass is 10.1. The summed E-state index contributed by atoms with van der Waals surface area (Å²) in [5.74, 6) is 0.954. The van der Waals surface area contributed by atoms with Crippen LogP contribution in [0.25, 0.3) is 11.0 Å². The molecule has 0 spiro atoms. The molecule has 2 N–H and O–H groups in total. The standard InChI is InChI=1S/C16H21N3O2/c1-11-18-13-4-3-12(7-14(13)19-11)8-15(20)17-9-16(5-6-16)10-21-2/h3-4,7H,5-6,8-10H2,1-2H3,(H,17,20)(H,18,19). The number of nitrogens with one attached hydrogen (secondary N) is 2. The summed E-state index contributed by atoms with van der Waals surface area (Å²) in [4.78, 5) is 19.6. The number of aromatic amines is 1. The van der Waals surface area contributed by atoms with Gasteiger partial charge in [-0.25, -0.2) is 4.98 Å². The highest BCUT2D eigenvalue weighted by Gasteiger charge is 2.42. The molecule has 0 bridgehead atoms. The van der Waals surface area contributed by atoms with E-state index >= 15 is 0 Å². The minimum atomic E-state index is 0.0629. The van der Waals surface area contributed by atoms with E-state index in [1.807, 2.05) is 25.1 Å². The van der Waals surface area contributed by atoms with Crippen LogP contribution in [0.15, 0.2) is 18.2 Å². The molecule has 1 fully saturated rings. The Morgan fingerprint density at radius 2 is 2.29 bits per heavy atom. The van der Waals surface area contributed by atoms with Gasteiger partial charge in [-0.15, -0.1) is 0 Å². The third-order valence-corrected chi connectivity index (χ3v) is 4.10. The molecule has 1 aromatic carbocycles. The number of benzene rings is 1. The minimum absolute atomic E-state index is 0.0629. The lowest BCUT2D eigenvalue weighted by Gasteiger charge is -2.14. The van der Waals surface area contributed by atoms with Gasteiger partial charge in [0, 0.05) is 19.1 Å². The molecule has 21 heavy (non-hydrogen) atoms. The van der Waals surface area contributed by atoms with Crippen LogP contribution in [0.3, 0.4) is 0 Å². The van der Waals surface area contributed by atoms with E-state index in [2.05, 4.69) is 15.3 Å². The summed E-state index contributed by atoms with van der Waals surface area (Å²) in [6.07, 6.45) is 2.68. The van der Waals surface area contributed by atoms with Gasteiger partial charge in [-0.1, -0.05) is 6.07 Å². The first-order valence-electron chi connectivity index (χ1n) is 7.31. The summed E-state index contributed by atoms with van der Waals surface area (Å²) >= 11 is 0. The molecule has 2 aromatic rings. The number of amides is 1. The second kappa shape index (κ2) is 5.48. The van der Waals surface area contributed by atoms with E-state index < -0.39 is 0 Å². The van der Waals surface area contributed by atoms with Crippen molar-refractivity contribution in [2.24, 2.45) is 5.41 Å². The van der Waals surface area contributed by atoms with Crippen LogP contribution in [-0.2, 0) is 16.0 Å². The second-order valence-electron chi connectivity index (χ2n) is 6.06. The number of methoxy groups -OCH3 is 1. The Labute approximate surface area is 124 Å². The van der Waals surface area contributed by atoms with Crippen LogP contribution < -0.4 is 5.32 Å². The molecule has 1 aliphatic rings. The van der Waals surface area contributed by atoms with Gasteiger partial charge >= 0.3 is 0 Å². The Morgan fingerprint density at radius 3 is 3.00 bits per heavy atom. The molecule has 0 saturated heterocycles. The molecule has 3 rings (SSSR count). The fourth-order valence-corrected chi connectivity index (χ4v) is 2.68. The molecule has 1 amide bonds. The number of fused-ring (bicyclic) bond motifs is 1. The van der Waals surface area contributed by atoms with Gasteiger partial charge in [-0.3, -0.25) is 4.79 Å². The van der Waals surface area contributed by atoms with E-state index in [1.54, 1.807) is 7.11 Å². The Morgan fingerprint density at radius 1 is 1.48 bits per heavy atom. The van der Waals surface area contributed by atoms with Crippen molar-refractivity contribution in [3.8, 4) is 0 Å². The molecular formula is C16H21N3O2. The minimum Gasteiger partial charge on any atom is -0.384 e. The van der Waals surface area contributed by atoms with E-state index in [1.165, 1.54) is 0 Å². The zero-order chi connectivity index (χ0) is 14.9. The Kier molecular flexibility index (Phi) is 3.68. The molecule has 1 aromatic heterocycles. The SMILES string of the molecule is COCC1(CNC(=O)Cc2ccc3nc(C)[nH]c3c2)CC1. The zero-order valence-corrected chi connectivity index (χ0v) is 12.5. The first-order chi connectivity index (χ1) is 10.1. The maximum Gasteiger partial charge on any atom is 0.224 e. The lowest BCUT2D eigenvalue weighted by Crippen LogP contribution is -2.33. The van der Waals surface area contributed by atoms with Gasteiger partial charge in [0.05, 0.1) is 24.1 Å². The molecule has 0 atom stereocenters. The number of imidazole rings is 1. The van der Waals surface area contributed by atoms with Crippen molar-refractivity contribution < 1.29 is 9.53 Å². The van der Waals surface area contributed by atoms with E-state index in [0.717, 1.165) is 41.9 Å². The van der Waals surface area contributed by atoms with Crippen molar-refractivity contribution in [2.45, 2.75) is 26.2 Å². The van der Waals surface area contributed by atoms with Gasteiger partial charge < -0.3 is 15.0 Å². The van der Waals surface area contributed by atoms with E-state index in [4.69, 9.17) is 4.74 Å². The summed E-state index contributed by atoms with van der Waals surface area (Å²) in [6.45, 7) is 3.37. The molecule has 112 valence electrons. The van der Waals surface area contributed by atoms with Crippen LogP contribution in [0.4, 0.5) is 0 Å². The van der Waals surface area contributed by atoms with Gasteiger partial charge in [0.2, 0.25) is 5.91 Å². The topological polar surface area (TPSA) is 67.0 Å². The van der Waals surface area contributed by atoms with Crippen molar-refractivity contribution >= 4 is 16.9 Å². The number of carbonyl (C=O) groups is 1. The van der Waals surface area contributed by atoms with Gasteiger partial charge in [0.1, 0.15) is 5.82 Å². The van der Waals surface area contributed by atoms with Crippen molar-refractivity contribution in [1.29, 1.82) is 0 Å². The smallest absolute Gasteiger partial charge is 0.224 e. The van der Waals surface area contributed by atoms with E-state index in [9.17, 15) is 4.79 Å². The zero-order valence-electron chi connectivity index (χ0n) is 12.5. The van der Waals surface area contributed by atoms with Crippen molar-refractivity contribution in [3.05, 3.63) is 29.6 Å². The number of carbonyl (C=O) groups excluding carboxylic acids is 1. The molecule has 5 nitrogen and oxygen atoms in total. The number of hydrogen-bond donors (Lipinski definition) is 2. The van der Waals surface area contributed by atoms with Gasteiger partial charge in [-0.05, 0) is 37.5 Å². The number of nitrogens with zero attached hydrogens (tertiary/aromatic N) is 1. The first kappa shape index (κ1) is 14.1. The highest BCUT2D eigenvalue weighted by Crippen LogP contribution is 2.44. The summed E-state index contributed by atoms with van der Waals surface area (Å²) in [6, 6.07) is 5.91. The van der Waals surface area contributed by atoms with Gasteiger partial charge in [0.25, 0.3) is 0 Å². The van der Waals surface area contributed by atoms with E-state index in [-0.39, 0.29) is 11.3 Å². The van der Waals surface area contributed by atoms with Crippen LogP contribution in [0.2, 0.25) is 0 Å². The van der Waals surface area contributed by atoms with Crippen LogP contribution >= 0.6 is 0 Å². The van der Waals surface area contributed by atoms with Crippen LogP contribution in [-0.4, -0.2) is 36.1 Å². The van der Waals surface area contributed by atoms with Crippen molar-refractivity contribution in [3.63, 3.8) is 0 Å². The fraction of sp³-hybridized carbons (Fsp3) is 0.500. The maximum atomic E-state index is 12.1. The third kappa shape index (κ3) is 3.24. The average molecular weight is 287 g/mol. The molecule has 0 radical (unpaired) electrons.